The van der Waals surface area contributed by atoms with E-state index in [4.69, 9.17) is 21.3 Å². The molecule has 5 heterocycles. The van der Waals surface area contributed by atoms with Crippen molar-refractivity contribution < 1.29 is 18.6 Å². The molecule has 0 radical (unpaired) electrons. The van der Waals surface area contributed by atoms with E-state index in [0.29, 0.717) is 52.1 Å². The molecule has 0 saturated carbocycles. The summed E-state index contributed by atoms with van der Waals surface area (Å²) in [5.74, 6) is -0.206. The van der Waals surface area contributed by atoms with Crippen LogP contribution in [0.4, 0.5) is 14.6 Å². The zero-order chi connectivity index (χ0) is 28.1. The lowest BCUT2D eigenvalue weighted by Crippen LogP contribution is -2.43. The highest BCUT2D eigenvalue weighted by Crippen LogP contribution is 2.42. The second-order valence-corrected chi connectivity index (χ2v) is 11.7. The maximum absolute atomic E-state index is 16.5. The number of phenolic OH excluding ortho intramolecular Hbond substituents is 1. The average Bonchev–Trinajstić information content (AvgIpc) is 3.33. The summed E-state index contributed by atoms with van der Waals surface area (Å²) in [6, 6.07) is 8.38. The van der Waals surface area contributed by atoms with Crippen molar-refractivity contribution in [3.05, 3.63) is 47.4 Å². The summed E-state index contributed by atoms with van der Waals surface area (Å²) in [5, 5.41) is 14.5. The van der Waals surface area contributed by atoms with Crippen LogP contribution in [0.3, 0.4) is 0 Å². The van der Waals surface area contributed by atoms with Gasteiger partial charge in [0.05, 0.1) is 10.9 Å². The Balaban J connectivity index is 1.36. The molecule has 3 aliphatic rings. The van der Waals surface area contributed by atoms with Crippen LogP contribution in [0.5, 0.6) is 11.8 Å². The quantitative estimate of drug-likeness (QED) is 0.307. The number of rotatable bonds is 5. The van der Waals surface area contributed by atoms with Gasteiger partial charge in [0.2, 0.25) is 0 Å². The Morgan fingerprint density at radius 1 is 1.15 bits per heavy atom. The third-order valence-electron chi connectivity index (χ3n) is 8.66. The number of hydrogen-bond acceptors (Lipinski definition) is 8. The average molecular weight is 581 g/mol. The van der Waals surface area contributed by atoms with Gasteiger partial charge in [-0.05, 0) is 55.8 Å². The Bertz CT molecular complexity index is 1630. The first kappa shape index (κ1) is 26.6. The van der Waals surface area contributed by atoms with Crippen molar-refractivity contribution in [2.45, 2.75) is 50.2 Å². The Labute approximate surface area is 241 Å². The molecule has 3 aliphatic heterocycles. The van der Waals surface area contributed by atoms with E-state index in [2.05, 4.69) is 20.3 Å². The predicted octanol–water partition coefficient (Wildman–Crippen LogP) is 5.79. The summed E-state index contributed by atoms with van der Waals surface area (Å²) in [7, 11) is 0. The second kappa shape index (κ2) is 10.5. The number of benzene rings is 2. The lowest BCUT2D eigenvalue weighted by atomic mass is 9.95. The molecule has 8 nitrogen and oxygen atoms in total. The molecule has 214 valence electrons. The van der Waals surface area contributed by atoms with Crippen LogP contribution in [0.25, 0.3) is 32.9 Å². The number of alkyl halides is 1. The molecule has 2 N–H and O–H groups in total. The molecule has 0 aliphatic carbocycles. The second-order valence-electron chi connectivity index (χ2n) is 11.3. The van der Waals surface area contributed by atoms with Crippen molar-refractivity contribution in [3.63, 3.8) is 0 Å². The van der Waals surface area contributed by atoms with Crippen molar-refractivity contribution in [1.82, 2.24) is 25.3 Å². The third-order valence-corrected chi connectivity index (χ3v) is 8.97. The molecule has 2 atom stereocenters. The van der Waals surface area contributed by atoms with E-state index in [1.807, 2.05) is 5.01 Å². The van der Waals surface area contributed by atoms with Crippen molar-refractivity contribution in [3.8, 4) is 23.0 Å². The first-order chi connectivity index (χ1) is 19.9. The Morgan fingerprint density at radius 3 is 2.95 bits per heavy atom. The normalized spacial score (nSPS) is 23.3. The lowest BCUT2D eigenvalue weighted by Gasteiger charge is -2.31. The number of nitrogens with zero attached hydrogens (tertiary/aromatic N) is 5. The predicted molar refractivity (Wildman–Crippen MR) is 155 cm³/mol. The van der Waals surface area contributed by atoms with Crippen LogP contribution in [0, 0.1) is 5.82 Å². The van der Waals surface area contributed by atoms with Crippen molar-refractivity contribution in [1.29, 1.82) is 0 Å². The summed E-state index contributed by atoms with van der Waals surface area (Å²) in [6.07, 6.45) is 5.96. The molecule has 3 saturated heterocycles. The maximum Gasteiger partial charge on any atom is 0.319 e. The molecule has 0 unspecified atom stereocenters. The molecular weight excluding hydrogens is 550 g/mol. The smallest absolute Gasteiger partial charge is 0.319 e. The molecule has 2 aromatic heterocycles. The molecule has 41 heavy (non-hydrogen) atoms. The standard InChI is InChI=1S/C30H31ClF2N6O2/c31-23-7-4-6-18-12-20(40)13-21(24(18)23)26-25(33)27-22(15-34-26)28(39-11-3-1-2-9-35-39)37-29(36-27)41-17-30-8-5-10-38(30)16-19(32)14-30/h4,6-7,12-13,15,19,35,40H,1-3,5,8-11,14,16-17H2/t19-,30+/m1/s1. The number of ether oxygens (including phenoxy) is 1. The number of hydrogen-bond donors (Lipinski definition) is 2. The van der Waals surface area contributed by atoms with Gasteiger partial charge in [-0.25, -0.2) is 14.2 Å². The molecule has 4 aromatic rings. The van der Waals surface area contributed by atoms with Gasteiger partial charge in [-0.3, -0.25) is 14.9 Å². The highest BCUT2D eigenvalue weighted by Gasteiger charge is 2.49. The lowest BCUT2D eigenvalue weighted by molar-refractivity contribution is 0.107. The van der Waals surface area contributed by atoms with Crippen LogP contribution >= 0.6 is 11.6 Å². The highest BCUT2D eigenvalue weighted by atomic mass is 35.5. The number of hydrazine groups is 1. The number of aromatic nitrogens is 3. The Morgan fingerprint density at radius 2 is 2.05 bits per heavy atom. The van der Waals surface area contributed by atoms with E-state index in [1.54, 1.807) is 30.5 Å². The minimum Gasteiger partial charge on any atom is -0.508 e. The molecule has 2 aromatic carbocycles. The van der Waals surface area contributed by atoms with Crippen LogP contribution in [-0.4, -0.2) is 69.5 Å². The number of anilines is 1. The molecule has 0 amide bonds. The van der Waals surface area contributed by atoms with Gasteiger partial charge >= 0.3 is 6.01 Å². The van der Waals surface area contributed by atoms with E-state index in [9.17, 15) is 9.50 Å². The minimum atomic E-state index is -0.886. The Kier molecular flexibility index (Phi) is 6.79. The first-order valence-electron chi connectivity index (χ1n) is 14.2. The van der Waals surface area contributed by atoms with E-state index in [-0.39, 0.29) is 29.6 Å². The third kappa shape index (κ3) is 4.71. The van der Waals surface area contributed by atoms with Crippen molar-refractivity contribution in [2.75, 3.05) is 37.8 Å². The fraction of sp³-hybridized carbons (Fsp3) is 0.433. The SMILES string of the molecule is Oc1cc(-c2ncc3c(N4CCCCCN4)nc(OC[C@@]45CCCN4C[C@H](F)C5)nc3c2F)c2c(Cl)cccc2c1. The molecule has 0 spiro atoms. The molecule has 7 rings (SSSR count). The zero-order valence-electron chi connectivity index (χ0n) is 22.5. The van der Waals surface area contributed by atoms with Gasteiger partial charge in [0, 0.05) is 48.2 Å². The van der Waals surface area contributed by atoms with Gasteiger partial charge < -0.3 is 9.84 Å². The van der Waals surface area contributed by atoms with Crippen LogP contribution in [0.1, 0.15) is 38.5 Å². The topological polar surface area (TPSA) is 86.6 Å². The number of nitrogens with one attached hydrogen (secondary N) is 1. The number of fused-ring (bicyclic) bond motifs is 3. The van der Waals surface area contributed by atoms with Crippen LogP contribution in [0.15, 0.2) is 36.5 Å². The van der Waals surface area contributed by atoms with E-state index < -0.39 is 17.5 Å². The molecule has 11 heteroatoms. The summed E-state index contributed by atoms with van der Waals surface area (Å²) in [4.78, 5) is 15.9. The van der Waals surface area contributed by atoms with E-state index in [1.165, 1.54) is 6.07 Å². The van der Waals surface area contributed by atoms with Gasteiger partial charge in [-0.15, -0.1) is 0 Å². The fourth-order valence-corrected chi connectivity index (χ4v) is 7.01. The molecule has 0 bridgehead atoms. The van der Waals surface area contributed by atoms with Gasteiger partial charge in [0.15, 0.2) is 11.6 Å². The summed E-state index contributed by atoms with van der Waals surface area (Å²) in [6.45, 7) is 2.94. The molecule has 3 fully saturated rings. The van der Waals surface area contributed by atoms with Gasteiger partial charge in [0.1, 0.15) is 29.7 Å². The summed E-state index contributed by atoms with van der Waals surface area (Å²) in [5.41, 5.74) is 3.43. The summed E-state index contributed by atoms with van der Waals surface area (Å²) < 4.78 is 37.1. The van der Waals surface area contributed by atoms with Gasteiger partial charge in [-0.1, -0.05) is 30.2 Å². The minimum absolute atomic E-state index is 0.0163. The van der Waals surface area contributed by atoms with E-state index >= 15 is 4.39 Å². The zero-order valence-corrected chi connectivity index (χ0v) is 23.3. The van der Waals surface area contributed by atoms with Crippen LogP contribution in [0.2, 0.25) is 5.02 Å². The number of aromatic hydroxyl groups is 1. The maximum atomic E-state index is 16.5. The monoisotopic (exact) mass is 580 g/mol. The number of phenols is 1. The fourth-order valence-electron chi connectivity index (χ4n) is 6.73. The number of pyridine rings is 1. The number of halogens is 3. The molecular formula is C30H31ClF2N6O2. The van der Waals surface area contributed by atoms with Crippen LogP contribution < -0.4 is 15.2 Å². The largest absolute Gasteiger partial charge is 0.508 e. The first-order valence-corrected chi connectivity index (χ1v) is 14.6. The van der Waals surface area contributed by atoms with Crippen molar-refractivity contribution >= 4 is 39.1 Å². The summed E-state index contributed by atoms with van der Waals surface area (Å²) >= 11 is 6.54. The Hall–Kier alpha value is -3.34. The highest BCUT2D eigenvalue weighted by molar-refractivity contribution is 6.36. The van der Waals surface area contributed by atoms with Gasteiger partial charge in [0.25, 0.3) is 0 Å². The van der Waals surface area contributed by atoms with Gasteiger partial charge in [-0.2, -0.15) is 9.97 Å². The van der Waals surface area contributed by atoms with E-state index in [0.717, 1.165) is 45.2 Å². The van der Waals surface area contributed by atoms with Crippen molar-refractivity contribution in [2.24, 2.45) is 0 Å². The van der Waals surface area contributed by atoms with Crippen LogP contribution in [-0.2, 0) is 0 Å².